The van der Waals surface area contributed by atoms with E-state index in [4.69, 9.17) is 9.47 Å². The lowest BCUT2D eigenvalue weighted by Crippen LogP contribution is -2.60. The van der Waals surface area contributed by atoms with E-state index >= 15 is 0 Å². The molecule has 1 saturated heterocycles. The summed E-state index contributed by atoms with van der Waals surface area (Å²) in [7, 11) is 3.39. The largest absolute Gasteiger partial charge is 0.493 e. The SMILES string of the molecule is COc1cc2c(cc1OC)C1CC3(C)CC2CC(NC(=O)NC2CCN(C(C)=O)CC2)(C1)C3. The predicted octanol–water partition coefficient (Wildman–Crippen LogP) is 3.92. The Kier molecular flexibility index (Phi) is 5.49. The third-order valence-corrected chi connectivity index (χ3v) is 8.64. The fourth-order valence-electron chi connectivity index (χ4n) is 7.55. The molecular formula is C26H37N3O4. The molecule has 0 spiro atoms. The lowest BCUT2D eigenvalue weighted by atomic mass is 9.55. The summed E-state index contributed by atoms with van der Waals surface area (Å²) >= 11 is 0. The molecule has 2 saturated carbocycles. The average Bonchev–Trinajstić information content (AvgIpc) is 2.90. The van der Waals surface area contributed by atoms with Gasteiger partial charge < -0.3 is 25.0 Å². The van der Waals surface area contributed by atoms with Crippen molar-refractivity contribution in [1.29, 1.82) is 0 Å². The lowest BCUT2D eigenvalue weighted by molar-refractivity contribution is -0.129. The van der Waals surface area contributed by atoms with Crippen LogP contribution in [-0.4, -0.2) is 55.7 Å². The van der Waals surface area contributed by atoms with Crippen LogP contribution in [0.5, 0.6) is 11.5 Å². The summed E-state index contributed by atoms with van der Waals surface area (Å²) in [5, 5.41) is 6.69. The van der Waals surface area contributed by atoms with Gasteiger partial charge in [-0.3, -0.25) is 4.79 Å². The zero-order valence-electron chi connectivity index (χ0n) is 20.3. The van der Waals surface area contributed by atoms with E-state index in [2.05, 4.69) is 29.7 Å². The van der Waals surface area contributed by atoms with Crippen molar-refractivity contribution in [3.8, 4) is 11.5 Å². The first kappa shape index (κ1) is 22.4. The Labute approximate surface area is 196 Å². The topological polar surface area (TPSA) is 79.9 Å². The van der Waals surface area contributed by atoms with Crippen LogP contribution in [0.25, 0.3) is 0 Å². The molecule has 7 heteroatoms. The van der Waals surface area contributed by atoms with Gasteiger partial charge in [0.1, 0.15) is 0 Å². The van der Waals surface area contributed by atoms with Crippen LogP contribution in [0.15, 0.2) is 12.1 Å². The van der Waals surface area contributed by atoms with Gasteiger partial charge in [-0.15, -0.1) is 0 Å². The van der Waals surface area contributed by atoms with E-state index in [1.54, 1.807) is 21.1 Å². The zero-order valence-corrected chi connectivity index (χ0v) is 20.3. The van der Waals surface area contributed by atoms with Gasteiger partial charge in [-0.25, -0.2) is 4.79 Å². The Balaban J connectivity index is 1.35. The molecule has 7 nitrogen and oxygen atoms in total. The number of piperidine rings is 1. The molecule has 4 aliphatic carbocycles. The average molecular weight is 456 g/mol. The Morgan fingerprint density at radius 3 is 2.00 bits per heavy atom. The van der Waals surface area contributed by atoms with Crippen LogP contribution < -0.4 is 20.1 Å². The van der Waals surface area contributed by atoms with Crippen LogP contribution in [0.2, 0.25) is 0 Å². The van der Waals surface area contributed by atoms with Crippen LogP contribution in [0.1, 0.15) is 81.8 Å². The molecule has 0 radical (unpaired) electrons. The number of benzene rings is 1. The number of hydrogen-bond donors (Lipinski definition) is 2. The number of nitrogens with one attached hydrogen (secondary N) is 2. The molecule has 3 amide bonds. The smallest absolute Gasteiger partial charge is 0.315 e. The van der Waals surface area contributed by atoms with Crippen molar-refractivity contribution >= 4 is 11.9 Å². The van der Waals surface area contributed by atoms with E-state index in [-0.39, 0.29) is 28.9 Å². The molecule has 1 heterocycles. The van der Waals surface area contributed by atoms with Crippen LogP contribution >= 0.6 is 0 Å². The Hall–Kier alpha value is -2.44. The molecule has 1 aliphatic heterocycles. The van der Waals surface area contributed by atoms with E-state index in [1.807, 2.05) is 4.90 Å². The molecular weight excluding hydrogens is 418 g/mol. The number of nitrogens with zero attached hydrogens (tertiary/aromatic N) is 1. The Morgan fingerprint density at radius 1 is 0.970 bits per heavy atom. The summed E-state index contributed by atoms with van der Waals surface area (Å²) < 4.78 is 11.2. The maximum atomic E-state index is 13.2. The van der Waals surface area contributed by atoms with E-state index in [0.29, 0.717) is 24.9 Å². The van der Waals surface area contributed by atoms with Gasteiger partial charge in [-0.05, 0) is 85.5 Å². The van der Waals surface area contributed by atoms with Gasteiger partial charge >= 0.3 is 6.03 Å². The molecule has 6 rings (SSSR count). The minimum atomic E-state index is -0.190. The summed E-state index contributed by atoms with van der Waals surface area (Å²) in [6.45, 7) is 5.44. The van der Waals surface area contributed by atoms with E-state index in [9.17, 15) is 9.59 Å². The van der Waals surface area contributed by atoms with Crippen molar-refractivity contribution < 1.29 is 19.1 Å². The third kappa shape index (κ3) is 4.04. The second-order valence-electron chi connectivity index (χ2n) is 11.2. The number of methoxy groups -OCH3 is 2. The van der Waals surface area contributed by atoms with Crippen molar-refractivity contribution in [2.45, 2.75) is 82.2 Å². The molecule has 4 bridgehead atoms. The first-order valence-electron chi connectivity index (χ1n) is 12.3. The fourth-order valence-corrected chi connectivity index (χ4v) is 7.55. The summed E-state index contributed by atoms with van der Waals surface area (Å²) in [4.78, 5) is 26.6. The summed E-state index contributed by atoms with van der Waals surface area (Å²) in [5.41, 5.74) is 2.78. The molecule has 1 aromatic carbocycles. The maximum absolute atomic E-state index is 13.2. The van der Waals surface area contributed by atoms with Crippen molar-refractivity contribution in [3.63, 3.8) is 0 Å². The van der Waals surface area contributed by atoms with E-state index in [0.717, 1.165) is 56.4 Å². The van der Waals surface area contributed by atoms with Crippen molar-refractivity contribution in [1.82, 2.24) is 15.5 Å². The number of carbonyl (C=O) groups excluding carboxylic acids is 2. The van der Waals surface area contributed by atoms with Crippen LogP contribution in [-0.2, 0) is 4.79 Å². The number of ether oxygens (including phenoxy) is 2. The molecule has 3 fully saturated rings. The van der Waals surface area contributed by atoms with Gasteiger partial charge in [0.2, 0.25) is 5.91 Å². The monoisotopic (exact) mass is 455 g/mol. The molecule has 2 N–H and O–H groups in total. The van der Waals surface area contributed by atoms with Crippen molar-refractivity contribution in [3.05, 3.63) is 23.3 Å². The Bertz CT molecular complexity index is 910. The number of amides is 3. The second-order valence-corrected chi connectivity index (χ2v) is 11.2. The highest BCUT2D eigenvalue weighted by molar-refractivity contribution is 5.76. The Morgan fingerprint density at radius 2 is 1.52 bits per heavy atom. The highest BCUT2D eigenvalue weighted by Crippen LogP contribution is 2.63. The molecule has 5 aliphatic rings. The molecule has 0 aromatic heterocycles. The van der Waals surface area contributed by atoms with Gasteiger partial charge in [-0.2, -0.15) is 0 Å². The second kappa shape index (κ2) is 8.10. The van der Waals surface area contributed by atoms with Gasteiger partial charge in [0.05, 0.1) is 14.2 Å². The van der Waals surface area contributed by atoms with Gasteiger partial charge in [0.15, 0.2) is 11.5 Å². The molecule has 2 atom stereocenters. The van der Waals surface area contributed by atoms with Crippen molar-refractivity contribution in [2.24, 2.45) is 5.41 Å². The highest BCUT2D eigenvalue weighted by Gasteiger charge is 2.56. The van der Waals surface area contributed by atoms with E-state index in [1.165, 1.54) is 11.1 Å². The number of carbonyl (C=O) groups is 2. The highest BCUT2D eigenvalue weighted by atomic mass is 16.5. The summed E-state index contributed by atoms with van der Waals surface area (Å²) in [5.74, 6) is 2.51. The maximum Gasteiger partial charge on any atom is 0.315 e. The third-order valence-electron chi connectivity index (χ3n) is 8.64. The number of urea groups is 1. The van der Waals surface area contributed by atoms with Gasteiger partial charge in [0, 0.05) is 31.6 Å². The first-order chi connectivity index (χ1) is 15.7. The standard InChI is InChI=1S/C26H37N3O4/c1-16(30)29-7-5-19(6-8-29)27-24(31)28-26-13-17-11-25(2,15-26)12-18(14-26)21-10-23(33-4)22(32-3)9-20(17)21/h9-10,17-19H,5-8,11-15H2,1-4H3,(H2,27,28,31). The molecule has 33 heavy (non-hydrogen) atoms. The number of likely N-dealkylation sites (tertiary alicyclic amines) is 1. The first-order valence-corrected chi connectivity index (χ1v) is 12.3. The molecule has 1 aromatic rings. The van der Waals surface area contributed by atoms with Crippen LogP contribution in [0.4, 0.5) is 4.79 Å². The predicted molar refractivity (Wildman–Crippen MR) is 126 cm³/mol. The van der Waals surface area contributed by atoms with Gasteiger partial charge in [-0.1, -0.05) is 6.92 Å². The number of rotatable bonds is 4. The van der Waals surface area contributed by atoms with Gasteiger partial charge in [0.25, 0.3) is 0 Å². The minimum Gasteiger partial charge on any atom is -0.493 e. The summed E-state index contributed by atoms with van der Waals surface area (Å²) in [6, 6.07) is 4.43. The molecule has 180 valence electrons. The zero-order chi connectivity index (χ0) is 23.4. The lowest BCUT2D eigenvalue weighted by Gasteiger charge is -2.54. The van der Waals surface area contributed by atoms with Crippen LogP contribution in [0.3, 0.4) is 0 Å². The normalized spacial score (nSPS) is 32.7. The molecule has 2 unspecified atom stereocenters. The quantitative estimate of drug-likeness (QED) is 0.721. The van der Waals surface area contributed by atoms with E-state index < -0.39 is 0 Å². The van der Waals surface area contributed by atoms with Crippen molar-refractivity contribution in [2.75, 3.05) is 27.3 Å². The summed E-state index contributed by atoms with van der Waals surface area (Å²) in [6.07, 6.45) is 6.91. The minimum absolute atomic E-state index is 0.0546. The van der Waals surface area contributed by atoms with Crippen LogP contribution in [0, 0.1) is 5.41 Å². The number of hydrogen-bond acceptors (Lipinski definition) is 4. The fraction of sp³-hybridized carbons (Fsp3) is 0.692.